The summed E-state index contributed by atoms with van der Waals surface area (Å²) in [4.78, 5) is 12.2. The number of halogens is 1. The van der Waals surface area contributed by atoms with Crippen LogP contribution in [0.4, 0.5) is 10.1 Å². The molecule has 130 valence electrons. The highest BCUT2D eigenvalue weighted by Gasteiger charge is 2.38. The molecule has 4 nitrogen and oxygen atoms in total. The second kappa shape index (κ2) is 6.24. The Bertz CT molecular complexity index is 854. The van der Waals surface area contributed by atoms with Crippen LogP contribution in [-0.2, 0) is 4.79 Å². The van der Waals surface area contributed by atoms with E-state index in [9.17, 15) is 9.18 Å². The van der Waals surface area contributed by atoms with Crippen molar-refractivity contribution in [2.45, 2.75) is 26.4 Å². The van der Waals surface area contributed by atoms with Gasteiger partial charge in [0.25, 0.3) is 0 Å². The molecule has 0 aliphatic carbocycles. The molecule has 5 heteroatoms. The Balaban J connectivity index is 2.28. The Morgan fingerprint density at radius 1 is 1.20 bits per heavy atom. The summed E-state index contributed by atoms with van der Waals surface area (Å²) in [5, 5.41) is 3.24. The first kappa shape index (κ1) is 17.0. The lowest BCUT2D eigenvalue weighted by atomic mass is 9.82. The minimum Gasteiger partial charge on any atom is -0.482 e. The smallest absolute Gasteiger partial charge is 0.249 e. The van der Waals surface area contributed by atoms with Crippen molar-refractivity contribution in [3.8, 4) is 5.75 Å². The van der Waals surface area contributed by atoms with Gasteiger partial charge in [-0.3, -0.25) is 4.79 Å². The van der Waals surface area contributed by atoms with Crippen LogP contribution in [-0.4, -0.2) is 18.1 Å². The molecule has 0 atom stereocenters. The van der Waals surface area contributed by atoms with Gasteiger partial charge in [-0.05, 0) is 50.6 Å². The summed E-state index contributed by atoms with van der Waals surface area (Å²) < 4.78 is 19.4. The summed E-state index contributed by atoms with van der Waals surface area (Å²) >= 11 is 0. The highest BCUT2D eigenvalue weighted by molar-refractivity contribution is 6.07. The highest BCUT2D eigenvalue weighted by atomic mass is 19.1. The van der Waals surface area contributed by atoms with Crippen molar-refractivity contribution in [1.29, 1.82) is 0 Å². The Kier molecular flexibility index (Phi) is 4.25. The van der Waals surface area contributed by atoms with E-state index in [1.54, 1.807) is 26.0 Å². The second-order valence-electron chi connectivity index (χ2n) is 6.47. The van der Waals surface area contributed by atoms with E-state index < -0.39 is 11.5 Å². The molecule has 2 aromatic carbocycles. The number of amides is 1. The molecule has 1 heterocycles. The summed E-state index contributed by atoms with van der Waals surface area (Å²) in [6, 6.07) is 11.8. The van der Waals surface area contributed by atoms with Crippen LogP contribution in [0.5, 0.6) is 5.75 Å². The largest absolute Gasteiger partial charge is 0.482 e. The first-order valence-electron chi connectivity index (χ1n) is 8.21. The van der Waals surface area contributed by atoms with E-state index in [2.05, 4.69) is 5.32 Å². The molecule has 1 aliphatic heterocycles. The first-order valence-corrected chi connectivity index (χ1v) is 8.21. The third kappa shape index (κ3) is 3.09. The second-order valence-corrected chi connectivity index (χ2v) is 6.47. The molecule has 0 radical (unpaired) electrons. The molecule has 0 spiro atoms. The summed E-state index contributed by atoms with van der Waals surface area (Å²) in [6.45, 7) is 6.41. The molecule has 0 aromatic heterocycles. The molecule has 3 N–H and O–H groups in total. The van der Waals surface area contributed by atoms with Gasteiger partial charge < -0.3 is 15.8 Å². The molecule has 3 rings (SSSR count). The first-order chi connectivity index (χ1) is 11.8. The summed E-state index contributed by atoms with van der Waals surface area (Å²) in [7, 11) is 0. The van der Waals surface area contributed by atoms with E-state index in [0.717, 1.165) is 23.4 Å². The van der Waals surface area contributed by atoms with Crippen LogP contribution in [0.1, 0.15) is 31.9 Å². The number of nitrogens with one attached hydrogen (secondary N) is 1. The molecule has 0 fully saturated rings. The zero-order valence-electron chi connectivity index (χ0n) is 14.5. The van der Waals surface area contributed by atoms with Crippen LogP contribution in [0.3, 0.4) is 0 Å². The number of fused-ring (bicyclic) bond motifs is 1. The van der Waals surface area contributed by atoms with Crippen LogP contribution in [0.25, 0.3) is 5.57 Å². The molecule has 0 bridgehead atoms. The lowest BCUT2D eigenvalue weighted by Crippen LogP contribution is -2.41. The SMILES string of the molecule is CCNc1ccc2c(c1)OC(C)(C)C(C(N)=O)=C2c1ccc(F)cc1. The molecular formula is C20H21FN2O2. The molecule has 0 saturated heterocycles. The predicted octanol–water partition coefficient (Wildman–Crippen LogP) is 3.72. The van der Waals surface area contributed by atoms with Crippen molar-refractivity contribution in [1.82, 2.24) is 0 Å². The molecule has 1 amide bonds. The average Bonchev–Trinajstić information content (AvgIpc) is 2.53. The number of hydrogen-bond donors (Lipinski definition) is 2. The normalized spacial score (nSPS) is 15.4. The highest BCUT2D eigenvalue weighted by Crippen LogP contribution is 2.44. The Hall–Kier alpha value is -2.82. The minimum absolute atomic E-state index is 0.334. The van der Waals surface area contributed by atoms with Gasteiger partial charge in [0.15, 0.2) is 0 Å². The van der Waals surface area contributed by atoms with Gasteiger partial charge in [-0.2, -0.15) is 0 Å². The van der Waals surface area contributed by atoms with Gasteiger partial charge in [-0.15, -0.1) is 0 Å². The maximum Gasteiger partial charge on any atom is 0.249 e. The van der Waals surface area contributed by atoms with E-state index in [-0.39, 0.29) is 5.82 Å². The van der Waals surface area contributed by atoms with Crippen molar-refractivity contribution < 1.29 is 13.9 Å². The fourth-order valence-corrected chi connectivity index (χ4v) is 3.23. The fourth-order valence-electron chi connectivity index (χ4n) is 3.23. The summed E-state index contributed by atoms with van der Waals surface area (Å²) in [6.07, 6.45) is 0. The predicted molar refractivity (Wildman–Crippen MR) is 96.9 cm³/mol. The third-order valence-electron chi connectivity index (χ3n) is 4.23. The number of carbonyl (C=O) groups is 1. The van der Waals surface area contributed by atoms with E-state index in [4.69, 9.17) is 10.5 Å². The summed E-state index contributed by atoms with van der Waals surface area (Å²) in [5.41, 5.74) is 8.26. The molecule has 0 saturated carbocycles. The summed E-state index contributed by atoms with van der Waals surface area (Å²) in [5.74, 6) is -0.225. The van der Waals surface area contributed by atoms with Crippen LogP contribution in [0.15, 0.2) is 48.0 Å². The van der Waals surface area contributed by atoms with Crippen LogP contribution >= 0.6 is 0 Å². The number of carbonyl (C=O) groups excluding carboxylic acids is 1. The van der Waals surface area contributed by atoms with Crippen molar-refractivity contribution in [2.24, 2.45) is 5.73 Å². The van der Waals surface area contributed by atoms with Crippen LogP contribution in [0, 0.1) is 5.82 Å². The van der Waals surface area contributed by atoms with Gasteiger partial charge in [0.2, 0.25) is 5.91 Å². The van der Waals surface area contributed by atoms with E-state index in [1.807, 2.05) is 25.1 Å². The Morgan fingerprint density at radius 2 is 1.88 bits per heavy atom. The zero-order valence-corrected chi connectivity index (χ0v) is 14.5. The third-order valence-corrected chi connectivity index (χ3v) is 4.23. The molecule has 25 heavy (non-hydrogen) atoms. The minimum atomic E-state index is -0.895. The van der Waals surface area contributed by atoms with Gasteiger partial charge in [-0.1, -0.05) is 12.1 Å². The lowest BCUT2D eigenvalue weighted by molar-refractivity contribution is -0.116. The molecule has 1 aliphatic rings. The van der Waals surface area contributed by atoms with E-state index in [0.29, 0.717) is 16.9 Å². The fraction of sp³-hybridized carbons (Fsp3) is 0.250. The lowest BCUT2D eigenvalue weighted by Gasteiger charge is -2.36. The van der Waals surface area contributed by atoms with Gasteiger partial charge in [0.05, 0.1) is 5.57 Å². The number of ether oxygens (including phenoxy) is 1. The van der Waals surface area contributed by atoms with Gasteiger partial charge in [0, 0.05) is 29.4 Å². The molecule has 0 unspecified atom stereocenters. The standard InChI is InChI=1S/C20H21FN2O2/c1-4-23-14-9-10-15-16(11-14)25-20(2,3)18(19(22)24)17(15)12-5-7-13(21)8-6-12/h5-11,23H,4H2,1-3H3,(H2,22,24). The van der Waals surface area contributed by atoms with Crippen molar-refractivity contribution in [3.63, 3.8) is 0 Å². The van der Waals surface area contributed by atoms with E-state index >= 15 is 0 Å². The van der Waals surface area contributed by atoms with Gasteiger partial charge in [-0.25, -0.2) is 4.39 Å². The maximum absolute atomic E-state index is 13.4. The molecular weight excluding hydrogens is 319 g/mol. The van der Waals surface area contributed by atoms with Crippen LogP contribution in [0.2, 0.25) is 0 Å². The number of rotatable bonds is 4. The maximum atomic E-state index is 13.4. The van der Waals surface area contributed by atoms with Crippen LogP contribution < -0.4 is 15.8 Å². The number of anilines is 1. The number of nitrogens with two attached hydrogens (primary N) is 1. The van der Waals surface area contributed by atoms with E-state index in [1.165, 1.54) is 12.1 Å². The van der Waals surface area contributed by atoms with Gasteiger partial charge in [0.1, 0.15) is 17.2 Å². The van der Waals surface area contributed by atoms with Crippen molar-refractivity contribution in [2.75, 3.05) is 11.9 Å². The monoisotopic (exact) mass is 340 g/mol. The zero-order chi connectivity index (χ0) is 18.2. The average molecular weight is 340 g/mol. The topological polar surface area (TPSA) is 64.3 Å². The molecule has 2 aromatic rings. The quantitative estimate of drug-likeness (QED) is 0.892. The van der Waals surface area contributed by atoms with Crippen molar-refractivity contribution >= 4 is 17.2 Å². The van der Waals surface area contributed by atoms with Crippen molar-refractivity contribution in [3.05, 3.63) is 65.0 Å². The Morgan fingerprint density at radius 3 is 2.48 bits per heavy atom. The number of benzene rings is 2. The number of hydrogen-bond acceptors (Lipinski definition) is 3. The van der Waals surface area contributed by atoms with Gasteiger partial charge >= 0.3 is 0 Å². The number of primary amides is 1. The Labute approximate surface area is 146 Å².